The van der Waals surface area contributed by atoms with Crippen molar-refractivity contribution in [2.45, 2.75) is 31.8 Å². The maximum atomic E-state index is 12.8. The van der Waals surface area contributed by atoms with Crippen LogP contribution in [-0.4, -0.2) is 37.9 Å². The van der Waals surface area contributed by atoms with Crippen LogP contribution in [0.1, 0.15) is 31.5 Å². The molecule has 0 aliphatic carbocycles. The van der Waals surface area contributed by atoms with Crippen LogP contribution in [-0.2, 0) is 11.8 Å². The highest BCUT2D eigenvalue weighted by atomic mass is 16.2. The number of aromatic amines is 2. The molecule has 0 spiro atoms. The maximum Gasteiger partial charge on any atom is 0.323 e. The fourth-order valence-corrected chi connectivity index (χ4v) is 3.90. The number of likely N-dealkylation sites (tertiary alicyclic amines) is 1. The molecule has 1 fully saturated rings. The minimum Gasteiger partial charge on any atom is -0.353 e. The molecule has 7 nitrogen and oxygen atoms in total. The third-order valence-electron chi connectivity index (χ3n) is 5.28. The summed E-state index contributed by atoms with van der Waals surface area (Å²) in [7, 11) is 2.05. The lowest BCUT2D eigenvalue weighted by molar-refractivity contribution is -0.121. The van der Waals surface area contributed by atoms with Crippen LogP contribution in [0.5, 0.6) is 0 Å². The van der Waals surface area contributed by atoms with Gasteiger partial charge in [0.25, 0.3) is 0 Å². The predicted molar refractivity (Wildman–Crippen MR) is 101 cm³/mol. The van der Waals surface area contributed by atoms with Crippen molar-refractivity contribution in [3.63, 3.8) is 0 Å². The molecule has 3 aromatic rings. The average molecular weight is 353 g/mol. The average Bonchev–Trinajstić information content (AvgIpc) is 3.31. The van der Waals surface area contributed by atoms with E-state index in [4.69, 9.17) is 0 Å². The summed E-state index contributed by atoms with van der Waals surface area (Å²) in [6.07, 6.45) is 4.19. The number of hydrogen-bond acceptors (Lipinski definition) is 3. The Balaban J connectivity index is 1.51. The number of hydrogen-bond donors (Lipinski definition) is 3. The molecular formula is C19H23N5O2. The Bertz CT molecular complexity index is 999. The SMILES string of the molecule is C[C@H](C(=O)Nc1ccc2[nH]c(=O)[nH]c2c1)N1CCC[C@@H]1c1cccn1C. The number of anilines is 1. The van der Waals surface area contributed by atoms with E-state index in [0.717, 1.165) is 24.9 Å². The smallest absolute Gasteiger partial charge is 0.323 e. The first-order valence-corrected chi connectivity index (χ1v) is 8.93. The summed E-state index contributed by atoms with van der Waals surface area (Å²) in [5, 5.41) is 2.98. The fraction of sp³-hybridized carbons (Fsp3) is 0.368. The molecule has 3 N–H and O–H groups in total. The van der Waals surface area contributed by atoms with Gasteiger partial charge >= 0.3 is 5.69 Å². The van der Waals surface area contributed by atoms with Crippen LogP contribution in [0.25, 0.3) is 11.0 Å². The Labute approximate surface area is 151 Å². The van der Waals surface area contributed by atoms with Crippen molar-refractivity contribution in [2.75, 3.05) is 11.9 Å². The molecule has 1 aromatic carbocycles. The van der Waals surface area contributed by atoms with Gasteiger partial charge in [-0.2, -0.15) is 0 Å². The number of fused-ring (bicyclic) bond motifs is 1. The van der Waals surface area contributed by atoms with Crippen LogP contribution in [0.4, 0.5) is 5.69 Å². The van der Waals surface area contributed by atoms with Gasteiger partial charge in [0, 0.05) is 24.6 Å². The molecule has 7 heteroatoms. The highest BCUT2D eigenvalue weighted by molar-refractivity contribution is 5.96. The van der Waals surface area contributed by atoms with Gasteiger partial charge in [-0.3, -0.25) is 9.69 Å². The van der Waals surface area contributed by atoms with E-state index in [-0.39, 0.29) is 23.7 Å². The third-order valence-corrected chi connectivity index (χ3v) is 5.28. The van der Waals surface area contributed by atoms with Gasteiger partial charge in [0.1, 0.15) is 0 Å². The number of aromatic nitrogens is 3. The van der Waals surface area contributed by atoms with Crippen molar-refractivity contribution >= 4 is 22.6 Å². The number of amides is 1. The van der Waals surface area contributed by atoms with Gasteiger partial charge in [-0.15, -0.1) is 0 Å². The summed E-state index contributed by atoms with van der Waals surface area (Å²) in [4.78, 5) is 31.9. The zero-order valence-electron chi connectivity index (χ0n) is 15.0. The molecule has 3 heterocycles. The standard InChI is InChI=1S/C19H23N5O2/c1-12(24-10-4-6-17(24)16-5-3-9-23(16)2)18(25)20-13-7-8-14-15(11-13)22-19(26)21-14/h3,5,7-9,11-12,17H,4,6,10H2,1-2H3,(H,20,25)(H2,21,22,26)/t12-,17-/m1/s1. The van der Waals surface area contributed by atoms with E-state index in [1.807, 2.05) is 26.2 Å². The van der Waals surface area contributed by atoms with Crippen LogP contribution < -0.4 is 11.0 Å². The highest BCUT2D eigenvalue weighted by Crippen LogP contribution is 2.33. The molecule has 2 aromatic heterocycles. The summed E-state index contributed by atoms with van der Waals surface area (Å²) in [5.41, 5.74) is 3.08. The first-order valence-electron chi connectivity index (χ1n) is 8.93. The molecule has 0 radical (unpaired) electrons. The largest absolute Gasteiger partial charge is 0.353 e. The van der Waals surface area contributed by atoms with Gasteiger partial charge in [0.05, 0.1) is 23.1 Å². The van der Waals surface area contributed by atoms with E-state index in [1.165, 1.54) is 5.69 Å². The minimum atomic E-state index is -0.251. The summed E-state index contributed by atoms with van der Waals surface area (Å²) in [6, 6.07) is 9.56. The van der Waals surface area contributed by atoms with Gasteiger partial charge in [0.15, 0.2) is 0 Å². The van der Waals surface area contributed by atoms with Gasteiger partial charge in [-0.1, -0.05) is 0 Å². The van der Waals surface area contributed by atoms with Crippen LogP contribution in [0.15, 0.2) is 41.3 Å². The van der Waals surface area contributed by atoms with Gasteiger partial charge in [-0.25, -0.2) is 4.79 Å². The summed E-state index contributed by atoms with van der Waals surface area (Å²) >= 11 is 0. The quantitative estimate of drug-likeness (QED) is 0.673. The van der Waals surface area contributed by atoms with Gasteiger partial charge in [-0.05, 0) is 56.6 Å². The van der Waals surface area contributed by atoms with E-state index >= 15 is 0 Å². The van der Waals surface area contributed by atoms with Crippen molar-refractivity contribution < 1.29 is 4.79 Å². The fourth-order valence-electron chi connectivity index (χ4n) is 3.90. The molecule has 0 bridgehead atoms. The topological polar surface area (TPSA) is 85.9 Å². The first-order chi connectivity index (χ1) is 12.5. The predicted octanol–water partition coefficient (Wildman–Crippen LogP) is 2.36. The molecule has 136 valence electrons. The van der Waals surface area contributed by atoms with Crippen molar-refractivity contribution in [1.29, 1.82) is 0 Å². The number of benzene rings is 1. The lowest BCUT2D eigenvalue weighted by Gasteiger charge is -2.30. The van der Waals surface area contributed by atoms with Crippen LogP contribution >= 0.6 is 0 Å². The molecule has 0 saturated carbocycles. The summed E-state index contributed by atoms with van der Waals surface area (Å²) < 4.78 is 2.13. The zero-order valence-corrected chi connectivity index (χ0v) is 15.0. The normalized spacial score (nSPS) is 19.1. The molecule has 2 atom stereocenters. The number of nitrogens with zero attached hydrogens (tertiary/aromatic N) is 2. The molecule has 1 aliphatic rings. The first kappa shape index (κ1) is 16.7. The molecule has 1 amide bonds. The second-order valence-corrected chi connectivity index (χ2v) is 6.94. The van der Waals surface area contributed by atoms with Crippen molar-refractivity contribution in [3.05, 3.63) is 52.7 Å². The molecule has 1 aliphatic heterocycles. The lowest BCUT2D eigenvalue weighted by Crippen LogP contribution is -2.42. The second kappa shape index (κ2) is 6.49. The molecule has 4 rings (SSSR count). The lowest BCUT2D eigenvalue weighted by atomic mass is 10.1. The number of nitrogens with one attached hydrogen (secondary N) is 3. The third kappa shape index (κ3) is 2.94. The minimum absolute atomic E-state index is 0.0386. The monoisotopic (exact) mass is 353 g/mol. The Hall–Kier alpha value is -2.80. The van der Waals surface area contributed by atoms with Crippen LogP contribution in [0, 0.1) is 0 Å². The molecule has 26 heavy (non-hydrogen) atoms. The highest BCUT2D eigenvalue weighted by Gasteiger charge is 2.34. The van der Waals surface area contributed by atoms with Crippen LogP contribution in [0.3, 0.4) is 0 Å². The van der Waals surface area contributed by atoms with E-state index in [1.54, 1.807) is 18.2 Å². The number of H-pyrrole nitrogens is 2. The van der Waals surface area contributed by atoms with Crippen molar-refractivity contribution in [2.24, 2.45) is 7.05 Å². The molecule has 0 unspecified atom stereocenters. The Morgan fingerprint density at radius 3 is 2.85 bits per heavy atom. The number of imidazole rings is 1. The summed E-state index contributed by atoms with van der Waals surface area (Å²) in [6.45, 7) is 2.86. The Morgan fingerprint density at radius 2 is 2.08 bits per heavy atom. The van der Waals surface area contributed by atoms with E-state index < -0.39 is 0 Å². The van der Waals surface area contributed by atoms with Gasteiger partial charge in [0.2, 0.25) is 5.91 Å². The number of rotatable bonds is 4. The van der Waals surface area contributed by atoms with Gasteiger partial charge < -0.3 is 19.9 Å². The second-order valence-electron chi connectivity index (χ2n) is 6.94. The van der Waals surface area contributed by atoms with E-state index in [2.05, 4.69) is 30.8 Å². The number of carbonyl (C=O) groups is 1. The van der Waals surface area contributed by atoms with Crippen molar-refractivity contribution in [3.8, 4) is 0 Å². The number of carbonyl (C=O) groups excluding carboxylic acids is 1. The van der Waals surface area contributed by atoms with Crippen molar-refractivity contribution in [1.82, 2.24) is 19.4 Å². The van der Waals surface area contributed by atoms with E-state index in [0.29, 0.717) is 11.2 Å². The zero-order chi connectivity index (χ0) is 18.3. The maximum absolute atomic E-state index is 12.8. The molecular weight excluding hydrogens is 330 g/mol. The van der Waals surface area contributed by atoms with E-state index in [9.17, 15) is 9.59 Å². The number of aryl methyl sites for hydroxylation is 1. The molecule has 1 saturated heterocycles. The summed E-state index contributed by atoms with van der Waals surface area (Å²) in [5.74, 6) is -0.0386. The van der Waals surface area contributed by atoms with Crippen LogP contribution in [0.2, 0.25) is 0 Å². The Kier molecular flexibility index (Phi) is 4.16. The Morgan fingerprint density at radius 1 is 1.27 bits per heavy atom.